The number of methoxy groups -OCH3 is 1. The van der Waals surface area contributed by atoms with E-state index < -0.39 is 12.0 Å². The molecule has 21 heavy (non-hydrogen) atoms. The van der Waals surface area contributed by atoms with Crippen LogP contribution in [0.1, 0.15) is 40.0 Å². The second kappa shape index (κ2) is 7.22. The Hall–Kier alpha value is -1.14. The topological polar surface area (TPSA) is 102 Å². The summed E-state index contributed by atoms with van der Waals surface area (Å²) >= 11 is 0. The third kappa shape index (κ3) is 4.17. The number of hydrogen-bond donors (Lipinski definition) is 3. The molecule has 0 radical (unpaired) electrons. The SMILES string of the molecule is COCCC(N)C(=O)NC1CCC(C(=O)O)C(C)(C)C1C. The third-order valence-corrected chi connectivity index (χ3v) is 5.04. The highest BCUT2D eigenvalue weighted by atomic mass is 16.5. The van der Waals surface area contributed by atoms with Gasteiger partial charge in [0, 0.05) is 19.8 Å². The fourth-order valence-electron chi connectivity index (χ4n) is 3.11. The van der Waals surface area contributed by atoms with Crippen molar-refractivity contribution in [3.8, 4) is 0 Å². The monoisotopic (exact) mass is 300 g/mol. The number of carboxylic acids is 1. The standard InChI is InChI=1S/C15H28N2O4/c1-9-12(17-13(18)11(16)7-8-21-4)6-5-10(14(19)20)15(9,2)3/h9-12H,5-8,16H2,1-4H3,(H,17,18)(H,19,20). The molecule has 0 spiro atoms. The van der Waals surface area contributed by atoms with Crippen LogP contribution in [-0.2, 0) is 14.3 Å². The molecule has 1 rings (SSSR count). The molecular weight excluding hydrogens is 272 g/mol. The lowest BCUT2D eigenvalue weighted by atomic mass is 9.61. The van der Waals surface area contributed by atoms with Crippen molar-refractivity contribution in [1.29, 1.82) is 0 Å². The normalized spacial score (nSPS) is 29.7. The number of hydrogen-bond acceptors (Lipinski definition) is 4. The first-order chi connectivity index (χ1) is 9.71. The molecule has 4 unspecified atom stereocenters. The lowest BCUT2D eigenvalue weighted by Crippen LogP contribution is -2.55. The van der Waals surface area contributed by atoms with Gasteiger partial charge in [-0.15, -0.1) is 0 Å². The van der Waals surface area contributed by atoms with Gasteiger partial charge < -0.3 is 20.9 Å². The van der Waals surface area contributed by atoms with Gasteiger partial charge in [-0.05, 0) is 30.6 Å². The smallest absolute Gasteiger partial charge is 0.307 e. The van der Waals surface area contributed by atoms with E-state index in [4.69, 9.17) is 10.5 Å². The van der Waals surface area contributed by atoms with Gasteiger partial charge in [0.15, 0.2) is 0 Å². The van der Waals surface area contributed by atoms with Crippen LogP contribution in [0.25, 0.3) is 0 Å². The number of amides is 1. The zero-order valence-corrected chi connectivity index (χ0v) is 13.4. The fraction of sp³-hybridized carbons (Fsp3) is 0.867. The van der Waals surface area contributed by atoms with Crippen molar-refractivity contribution in [2.45, 2.75) is 52.1 Å². The van der Waals surface area contributed by atoms with Gasteiger partial charge in [0.05, 0.1) is 12.0 Å². The summed E-state index contributed by atoms with van der Waals surface area (Å²) < 4.78 is 4.92. The molecule has 0 aromatic rings. The van der Waals surface area contributed by atoms with Crippen LogP contribution in [0.2, 0.25) is 0 Å². The summed E-state index contributed by atoms with van der Waals surface area (Å²) in [4.78, 5) is 23.4. The summed E-state index contributed by atoms with van der Waals surface area (Å²) in [5.41, 5.74) is 5.46. The lowest BCUT2D eigenvalue weighted by molar-refractivity contribution is -0.150. The number of ether oxygens (including phenoxy) is 1. The molecule has 0 saturated heterocycles. The molecule has 1 aliphatic rings. The average Bonchev–Trinajstić information content (AvgIpc) is 2.40. The molecule has 0 heterocycles. The molecule has 0 aliphatic heterocycles. The number of carbonyl (C=O) groups is 2. The summed E-state index contributed by atoms with van der Waals surface area (Å²) in [7, 11) is 1.57. The number of carboxylic acid groups (broad SMARTS) is 1. The number of nitrogens with one attached hydrogen (secondary N) is 1. The summed E-state index contributed by atoms with van der Waals surface area (Å²) in [5.74, 6) is -1.24. The minimum absolute atomic E-state index is 0.0308. The first-order valence-electron chi connectivity index (χ1n) is 7.49. The highest BCUT2D eigenvalue weighted by Crippen LogP contribution is 2.45. The summed E-state index contributed by atoms with van der Waals surface area (Å²) in [6.07, 6.45) is 1.72. The van der Waals surface area contributed by atoms with Crippen molar-refractivity contribution >= 4 is 11.9 Å². The maximum absolute atomic E-state index is 12.1. The Labute approximate surface area is 126 Å². The predicted molar refractivity (Wildman–Crippen MR) is 79.7 cm³/mol. The maximum atomic E-state index is 12.1. The fourth-order valence-corrected chi connectivity index (χ4v) is 3.11. The number of carbonyl (C=O) groups excluding carboxylic acids is 1. The van der Waals surface area contributed by atoms with E-state index in [2.05, 4.69) is 5.32 Å². The molecule has 0 aromatic carbocycles. The van der Waals surface area contributed by atoms with E-state index in [0.29, 0.717) is 25.9 Å². The van der Waals surface area contributed by atoms with Crippen molar-refractivity contribution in [3.05, 3.63) is 0 Å². The molecule has 6 nitrogen and oxygen atoms in total. The molecule has 0 aromatic heterocycles. The minimum Gasteiger partial charge on any atom is -0.481 e. The molecule has 1 saturated carbocycles. The molecular formula is C15H28N2O4. The van der Waals surface area contributed by atoms with Gasteiger partial charge in [0.1, 0.15) is 0 Å². The average molecular weight is 300 g/mol. The molecule has 4 atom stereocenters. The molecule has 6 heteroatoms. The third-order valence-electron chi connectivity index (χ3n) is 5.04. The van der Waals surface area contributed by atoms with Crippen molar-refractivity contribution in [3.63, 3.8) is 0 Å². The van der Waals surface area contributed by atoms with Gasteiger partial charge in [0.25, 0.3) is 0 Å². The molecule has 1 aliphatic carbocycles. The zero-order valence-electron chi connectivity index (χ0n) is 13.4. The predicted octanol–water partition coefficient (Wildman–Crippen LogP) is 0.992. The van der Waals surface area contributed by atoms with Crippen LogP contribution in [0.4, 0.5) is 0 Å². The Balaban J connectivity index is 2.66. The summed E-state index contributed by atoms with van der Waals surface area (Å²) in [6, 6.07) is -0.617. The highest BCUT2D eigenvalue weighted by molar-refractivity contribution is 5.81. The van der Waals surface area contributed by atoms with E-state index in [9.17, 15) is 14.7 Å². The van der Waals surface area contributed by atoms with Gasteiger partial charge in [0.2, 0.25) is 5.91 Å². The van der Waals surface area contributed by atoms with E-state index in [0.717, 1.165) is 0 Å². The first kappa shape index (κ1) is 17.9. The van der Waals surface area contributed by atoms with Crippen LogP contribution in [0, 0.1) is 17.3 Å². The van der Waals surface area contributed by atoms with Gasteiger partial charge >= 0.3 is 5.97 Å². The van der Waals surface area contributed by atoms with Crippen LogP contribution < -0.4 is 11.1 Å². The lowest BCUT2D eigenvalue weighted by Gasteiger charge is -2.46. The van der Waals surface area contributed by atoms with Gasteiger partial charge in [-0.2, -0.15) is 0 Å². The van der Waals surface area contributed by atoms with E-state index in [1.807, 2.05) is 20.8 Å². The molecule has 1 amide bonds. The van der Waals surface area contributed by atoms with Crippen molar-refractivity contribution in [1.82, 2.24) is 5.32 Å². The Bertz CT molecular complexity index is 384. The van der Waals surface area contributed by atoms with Crippen LogP contribution in [0.5, 0.6) is 0 Å². The number of aliphatic carboxylic acids is 1. The van der Waals surface area contributed by atoms with Crippen LogP contribution in [0.3, 0.4) is 0 Å². The second-order valence-electron chi connectivity index (χ2n) is 6.58. The Morgan fingerprint density at radius 2 is 2.05 bits per heavy atom. The van der Waals surface area contributed by atoms with E-state index in [1.54, 1.807) is 7.11 Å². The Morgan fingerprint density at radius 1 is 1.43 bits per heavy atom. The van der Waals surface area contributed by atoms with Crippen molar-refractivity contribution in [2.24, 2.45) is 23.0 Å². The van der Waals surface area contributed by atoms with Gasteiger partial charge in [-0.3, -0.25) is 9.59 Å². The first-order valence-corrected chi connectivity index (χ1v) is 7.49. The molecule has 0 bridgehead atoms. The largest absolute Gasteiger partial charge is 0.481 e. The van der Waals surface area contributed by atoms with E-state index in [-0.39, 0.29) is 29.2 Å². The zero-order chi connectivity index (χ0) is 16.2. The minimum atomic E-state index is -0.756. The molecule has 1 fully saturated rings. The van der Waals surface area contributed by atoms with E-state index >= 15 is 0 Å². The van der Waals surface area contributed by atoms with Crippen molar-refractivity contribution < 1.29 is 19.4 Å². The van der Waals surface area contributed by atoms with Crippen LogP contribution in [-0.4, -0.2) is 42.8 Å². The number of rotatable bonds is 6. The quantitative estimate of drug-likeness (QED) is 0.679. The summed E-state index contributed by atoms with van der Waals surface area (Å²) in [6.45, 7) is 6.36. The Kier molecular flexibility index (Phi) is 6.16. The Morgan fingerprint density at radius 3 is 2.57 bits per heavy atom. The second-order valence-corrected chi connectivity index (χ2v) is 6.58. The van der Waals surface area contributed by atoms with E-state index in [1.165, 1.54) is 0 Å². The van der Waals surface area contributed by atoms with Gasteiger partial charge in [-0.1, -0.05) is 20.8 Å². The number of nitrogens with two attached hydrogens (primary N) is 1. The van der Waals surface area contributed by atoms with Gasteiger partial charge in [-0.25, -0.2) is 0 Å². The molecule has 4 N–H and O–H groups in total. The maximum Gasteiger partial charge on any atom is 0.307 e. The summed E-state index contributed by atoms with van der Waals surface area (Å²) in [5, 5.41) is 12.3. The molecule has 122 valence electrons. The van der Waals surface area contributed by atoms with Crippen LogP contribution in [0.15, 0.2) is 0 Å². The van der Waals surface area contributed by atoms with Crippen LogP contribution >= 0.6 is 0 Å². The van der Waals surface area contributed by atoms with Crippen molar-refractivity contribution in [2.75, 3.05) is 13.7 Å². The highest BCUT2D eigenvalue weighted by Gasteiger charge is 2.46.